The molecule has 0 fully saturated rings. The molecule has 0 spiro atoms. The second-order valence-electron chi connectivity index (χ2n) is 10.4. The number of ether oxygens (including phenoxy) is 1. The highest BCUT2D eigenvalue weighted by Crippen LogP contribution is 2.35. The maximum Gasteiger partial charge on any atom is 0.416 e. The summed E-state index contributed by atoms with van der Waals surface area (Å²) in [5.41, 5.74) is -0.215. The maximum absolute atomic E-state index is 13.5. The van der Waals surface area contributed by atoms with Crippen LogP contribution in [-0.4, -0.2) is 77.8 Å². The van der Waals surface area contributed by atoms with Crippen molar-refractivity contribution in [2.24, 2.45) is 5.92 Å². The molecule has 13 heteroatoms. The number of rotatable bonds is 7. The number of carbonyl (C=O) groups excluding carboxylic acids is 3. The van der Waals surface area contributed by atoms with E-state index in [4.69, 9.17) is 4.74 Å². The number of nitrogens with zero attached hydrogens (tertiary/aromatic N) is 2. The van der Waals surface area contributed by atoms with Crippen molar-refractivity contribution in [2.75, 3.05) is 37.4 Å². The molecule has 224 valence electrons. The van der Waals surface area contributed by atoms with Gasteiger partial charge < -0.3 is 35.6 Å². The molecular weight excluding hydrogens is 543 g/mol. The van der Waals surface area contributed by atoms with Gasteiger partial charge in [-0.15, -0.1) is 0 Å². The van der Waals surface area contributed by atoms with Crippen LogP contribution in [0, 0.1) is 5.92 Å². The first-order valence-corrected chi connectivity index (χ1v) is 13.2. The number of urea groups is 2. The second-order valence-corrected chi connectivity index (χ2v) is 10.4. The molecule has 4 N–H and O–H groups in total. The minimum absolute atomic E-state index is 0.0368. The predicted molar refractivity (Wildman–Crippen MR) is 148 cm³/mol. The number of aliphatic hydroxyl groups excluding tert-OH is 1. The molecule has 1 aliphatic heterocycles. The minimum atomic E-state index is -4.49. The summed E-state index contributed by atoms with van der Waals surface area (Å²) in [5.74, 6) is -0.590. The van der Waals surface area contributed by atoms with E-state index in [1.165, 1.54) is 29.0 Å². The van der Waals surface area contributed by atoms with Crippen molar-refractivity contribution >= 4 is 29.3 Å². The first kappa shape index (κ1) is 31.5. The number of hydrogen-bond donors (Lipinski definition) is 4. The van der Waals surface area contributed by atoms with Crippen molar-refractivity contribution < 1.29 is 37.4 Å². The molecule has 1 aliphatic rings. The lowest BCUT2D eigenvalue weighted by Gasteiger charge is -2.38. The van der Waals surface area contributed by atoms with E-state index in [1.54, 1.807) is 39.0 Å². The summed E-state index contributed by atoms with van der Waals surface area (Å²) >= 11 is 0. The molecule has 0 saturated carbocycles. The van der Waals surface area contributed by atoms with Crippen molar-refractivity contribution in [3.63, 3.8) is 0 Å². The smallest absolute Gasteiger partial charge is 0.416 e. The molecular formula is C28H36F3N5O5. The van der Waals surface area contributed by atoms with Gasteiger partial charge in [0.25, 0.3) is 5.91 Å². The Hall–Kier alpha value is -4.00. The van der Waals surface area contributed by atoms with Crippen molar-refractivity contribution in [3.8, 4) is 5.75 Å². The Morgan fingerprint density at radius 2 is 1.78 bits per heavy atom. The van der Waals surface area contributed by atoms with E-state index in [-0.39, 0.29) is 60.3 Å². The third-order valence-electron chi connectivity index (χ3n) is 6.62. The summed E-state index contributed by atoms with van der Waals surface area (Å²) in [6.45, 7) is 7.12. The van der Waals surface area contributed by atoms with Gasteiger partial charge in [-0.05, 0) is 57.2 Å². The van der Waals surface area contributed by atoms with Crippen LogP contribution >= 0.6 is 0 Å². The molecule has 0 saturated heterocycles. The zero-order valence-electron chi connectivity index (χ0n) is 23.6. The van der Waals surface area contributed by atoms with E-state index in [9.17, 15) is 32.7 Å². The van der Waals surface area contributed by atoms with Gasteiger partial charge in [-0.25, -0.2) is 9.59 Å². The van der Waals surface area contributed by atoms with Gasteiger partial charge in [0.2, 0.25) is 0 Å². The molecule has 2 aromatic rings. The average molecular weight is 580 g/mol. The molecule has 0 unspecified atom stereocenters. The molecule has 5 amide bonds. The van der Waals surface area contributed by atoms with E-state index in [2.05, 4.69) is 16.0 Å². The van der Waals surface area contributed by atoms with Crippen LogP contribution < -0.4 is 20.7 Å². The molecule has 2 aromatic carbocycles. The van der Waals surface area contributed by atoms with Gasteiger partial charge in [0.05, 0.1) is 36.0 Å². The lowest BCUT2D eigenvalue weighted by atomic mass is 9.99. The van der Waals surface area contributed by atoms with Gasteiger partial charge in [0, 0.05) is 31.2 Å². The van der Waals surface area contributed by atoms with Crippen molar-refractivity contribution in [3.05, 3.63) is 53.6 Å². The number of carbonyl (C=O) groups is 3. The third kappa shape index (κ3) is 8.03. The molecule has 0 aromatic heterocycles. The standard InChI is InChI=1S/C28H36F3N5O5/c1-16(2)32-26(39)34-22-8-6-7-21-24(22)41-23(17(3)13-36(25(21)38)18(4)15-37)14-35(5)27(40)33-20-11-9-19(10-12-20)28(29,30)31/h6-12,16-18,23,37H,13-15H2,1-5H3,(H,33,40)(H2,32,34,39)/t17-,18+,23-/m0/s1. The number of fused-ring (bicyclic) bond motifs is 1. The Labute approximate surface area is 236 Å². The maximum atomic E-state index is 13.5. The SMILES string of the molecule is CC(C)NC(=O)Nc1cccc2c1O[C@@H](CN(C)C(=O)Nc1ccc(C(F)(F)F)cc1)[C@@H](C)CN([C@H](C)CO)C2=O. The summed E-state index contributed by atoms with van der Waals surface area (Å²) in [7, 11) is 1.51. The Morgan fingerprint density at radius 1 is 1.12 bits per heavy atom. The second kappa shape index (κ2) is 13.1. The van der Waals surface area contributed by atoms with Gasteiger partial charge in [-0.1, -0.05) is 13.0 Å². The van der Waals surface area contributed by atoms with Crippen LogP contribution in [0.1, 0.15) is 43.6 Å². The van der Waals surface area contributed by atoms with Crippen LogP contribution in [0.4, 0.5) is 34.1 Å². The van der Waals surface area contributed by atoms with Crippen molar-refractivity contribution in [1.29, 1.82) is 0 Å². The summed E-state index contributed by atoms with van der Waals surface area (Å²) in [6.07, 6.45) is -5.16. The van der Waals surface area contributed by atoms with Crippen LogP contribution in [0.3, 0.4) is 0 Å². The number of amides is 5. The normalized spacial score (nSPS) is 18.0. The number of anilines is 2. The van der Waals surface area contributed by atoms with Crippen molar-refractivity contribution in [2.45, 2.75) is 52.1 Å². The summed E-state index contributed by atoms with van der Waals surface area (Å²) in [4.78, 5) is 41.8. The quantitative estimate of drug-likeness (QED) is 0.381. The summed E-state index contributed by atoms with van der Waals surface area (Å²) in [5, 5.41) is 17.8. The number of benzene rings is 2. The zero-order valence-corrected chi connectivity index (χ0v) is 23.6. The van der Waals surface area contributed by atoms with Gasteiger partial charge >= 0.3 is 18.2 Å². The minimum Gasteiger partial charge on any atom is -0.485 e. The molecule has 1 heterocycles. The highest BCUT2D eigenvalue weighted by molar-refractivity contribution is 6.01. The number of halogens is 3. The predicted octanol–water partition coefficient (Wildman–Crippen LogP) is 4.62. The van der Waals surface area contributed by atoms with E-state index in [0.717, 1.165) is 12.1 Å². The molecule has 41 heavy (non-hydrogen) atoms. The van der Waals surface area contributed by atoms with Gasteiger partial charge in [-0.3, -0.25) is 4.79 Å². The van der Waals surface area contributed by atoms with E-state index < -0.39 is 35.9 Å². The lowest BCUT2D eigenvalue weighted by Crippen LogP contribution is -2.50. The average Bonchev–Trinajstić information content (AvgIpc) is 2.89. The molecule has 10 nitrogen and oxygen atoms in total. The lowest BCUT2D eigenvalue weighted by molar-refractivity contribution is -0.137. The largest absolute Gasteiger partial charge is 0.485 e. The van der Waals surface area contributed by atoms with Crippen LogP contribution in [0.15, 0.2) is 42.5 Å². The van der Waals surface area contributed by atoms with E-state index in [1.807, 2.05) is 6.92 Å². The van der Waals surface area contributed by atoms with Gasteiger partial charge in [-0.2, -0.15) is 13.2 Å². The fourth-order valence-electron chi connectivity index (χ4n) is 4.29. The van der Waals surface area contributed by atoms with Gasteiger partial charge in [0.15, 0.2) is 5.75 Å². The number of likely N-dealkylation sites (N-methyl/N-ethyl adjacent to an activating group) is 1. The number of hydrogen-bond acceptors (Lipinski definition) is 5. The highest BCUT2D eigenvalue weighted by atomic mass is 19.4. The molecule has 0 aliphatic carbocycles. The molecule has 3 atom stereocenters. The van der Waals surface area contributed by atoms with Crippen LogP contribution in [0.5, 0.6) is 5.75 Å². The Balaban J connectivity index is 1.88. The van der Waals surface area contributed by atoms with Crippen LogP contribution in [0.2, 0.25) is 0 Å². The first-order valence-electron chi connectivity index (χ1n) is 13.2. The van der Waals surface area contributed by atoms with E-state index >= 15 is 0 Å². The zero-order chi connectivity index (χ0) is 30.5. The van der Waals surface area contributed by atoms with Crippen LogP contribution in [-0.2, 0) is 6.18 Å². The topological polar surface area (TPSA) is 123 Å². The molecule has 3 rings (SSSR count). The number of aliphatic hydroxyl groups is 1. The fourth-order valence-corrected chi connectivity index (χ4v) is 4.29. The van der Waals surface area contributed by atoms with Crippen molar-refractivity contribution in [1.82, 2.24) is 15.1 Å². The Bertz CT molecular complexity index is 1240. The Morgan fingerprint density at radius 3 is 2.37 bits per heavy atom. The van der Waals surface area contributed by atoms with E-state index in [0.29, 0.717) is 0 Å². The summed E-state index contributed by atoms with van der Waals surface area (Å²) < 4.78 is 45.0. The first-order chi connectivity index (χ1) is 19.2. The van der Waals surface area contributed by atoms with Gasteiger partial charge in [0.1, 0.15) is 6.10 Å². The number of alkyl halides is 3. The number of para-hydroxylation sites is 1. The number of nitrogens with one attached hydrogen (secondary N) is 3. The molecule has 0 radical (unpaired) electrons. The Kier molecular flexibility index (Phi) is 10.1. The summed E-state index contributed by atoms with van der Waals surface area (Å²) in [6, 6.07) is 7.12. The monoisotopic (exact) mass is 579 g/mol. The highest BCUT2D eigenvalue weighted by Gasteiger charge is 2.35. The third-order valence-corrected chi connectivity index (χ3v) is 6.62. The molecule has 0 bridgehead atoms. The van der Waals surface area contributed by atoms with Crippen LogP contribution in [0.25, 0.3) is 0 Å². The fraction of sp³-hybridized carbons (Fsp3) is 0.464.